The average Bonchev–Trinajstić information content (AvgIpc) is 3.48. The zero-order valence-corrected chi connectivity index (χ0v) is 17.2. The Bertz CT molecular complexity index is 1390. The maximum atomic E-state index is 11.0. The van der Waals surface area contributed by atoms with Crippen LogP contribution in [-0.2, 0) is 0 Å². The topological polar surface area (TPSA) is 99.9 Å². The maximum Gasteiger partial charge on any atom is 0.269 e. The Morgan fingerprint density at radius 3 is 2.19 bits per heavy atom. The third-order valence-corrected chi connectivity index (χ3v) is 5.09. The van der Waals surface area contributed by atoms with Gasteiger partial charge in [0.1, 0.15) is 5.69 Å². The maximum absolute atomic E-state index is 11.0. The minimum atomic E-state index is -0.441. The van der Waals surface area contributed by atoms with E-state index in [1.165, 1.54) is 12.1 Å². The smallest absolute Gasteiger partial charge is 0.269 e. The molecule has 0 aliphatic carbocycles. The summed E-state index contributed by atoms with van der Waals surface area (Å²) in [5.41, 5.74) is 3.44. The van der Waals surface area contributed by atoms with Crippen LogP contribution in [0.5, 0.6) is 0 Å². The minimum absolute atomic E-state index is 0.000562. The number of para-hydroxylation sites is 1. The van der Waals surface area contributed by atoms with Gasteiger partial charge in [-0.1, -0.05) is 29.8 Å². The Balaban J connectivity index is 1.61. The molecule has 0 unspecified atom stereocenters. The lowest BCUT2D eigenvalue weighted by Gasteiger charge is -2.00. The van der Waals surface area contributed by atoms with Crippen LogP contribution in [0.3, 0.4) is 0 Å². The lowest BCUT2D eigenvalue weighted by atomic mass is 10.1. The van der Waals surface area contributed by atoms with Crippen molar-refractivity contribution in [1.29, 1.82) is 0 Å². The van der Waals surface area contributed by atoms with Gasteiger partial charge in [-0.2, -0.15) is 5.10 Å². The SMILES string of the molecule is O=[N+]([O-])c1ccc(-c2nn(-c3ccccc3)cc2-c2nnc(-c3ccc(Cl)cc3)o2)cc1. The molecule has 0 fully saturated rings. The molecule has 0 saturated heterocycles. The molecule has 3 aromatic carbocycles. The van der Waals surface area contributed by atoms with Crippen molar-refractivity contribution >= 4 is 17.3 Å². The molecular weight excluding hydrogens is 430 g/mol. The Hall–Kier alpha value is -4.30. The third-order valence-electron chi connectivity index (χ3n) is 4.83. The van der Waals surface area contributed by atoms with Gasteiger partial charge >= 0.3 is 0 Å². The minimum Gasteiger partial charge on any atom is -0.416 e. The number of rotatable bonds is 5. The van der Waals surface area contributed by atoms with E-state index in [4.69, 9.17) is 21.1 Å². The van der Waals surface area contributed by atoms with Gasteiger partial charge in [-0.3, -0.25) is 10.1 Å². The zero-order chi connectivity index (χ0) is 22.1. The zero-order valence-electron chi connectivity index (χ0n) is 16.4. The summed E-state index contributed by atoms with van der Waals surface area (Å²) in [7, 11) is 0. The summed E-state index contributed by atoms with van der Waals surface area (Å²) in [6.07, 6.45) is 1.80. The molecule has 2 heterocycles. The standard InChI is InChI=1S/C23H14ClN5O3/c24-17-10-6-16(7-11-17)22-25-26-23(32-22)20-14-28(18-4-2-1-3-5-18)27-21(20)15-8-12-19(13-9-15)29(30)31/h1-14H. The summed E-state index contributed by atoms with van der Waals surface area (Å²) in [5, 5.41) is 24.7. The van der Waals surface area contributed by atoms with Crippen molar-refractivity contribution in [2.45, 2.75) is 0 Å². The van der Waals surface area contributed by atoms with E-state index in [-0.39, 0.29) is 11.6 Å². The van der Waals surface area contributed by atoms with Gasteiger partial charge in [-0.25, -0.2) is 4.68 Å². The first-order valence-electron chi connectivity index (χ1n) is 9.58. The van der Waals surface area contributed by atoms with Crippen LogP contribution in [0.4, 0.5) is 5.69 Å². The highest BCUT2D eigenvalue weighted by molar-refractivity contribution is 6.30. The largest absolute Gasteiger partial charge is 0.416 e. The second-order valence-electron chi connectivity index (χ2n) is 6.89. The molecule has 0 radical (unpaired) electrons. The second-order valence-corrected chi connectivity index (χ2v) is 7.33. The first-order valence-corrected chi connectivity index (χ1v) is 9.96. The van der Waals surface area contributed by atoms with Crippen LogP contribution < -0.4 is 0 Å². The van der Waals surface area contributed by atoms with Crippen LogP contribution in [0, 0.1) is 10.1 Å². The number of nitrogens with zero attached hydrogens (tertiary/aromatic N) is 5. The third kappa shape index (κ3) is 3.75. The fourth-order valence-electron chi connectivity index (χ4n) is 3.24. The van der Waals surface area contributed by atoms with E-state index in [0.717, 1.165) is 11.3 Å². The van der Waals surface area contributed by atoms with Gasteiger partial charge in [0.25, 0.3) is 11.6 Å². The van der Waals surface area contributed by atoms with Gasteiger partial charge in [0.2, 0.25) is 5.89 Å². The number of hydrogen-bond donors (Lipinski definition) is 0. The number of non-ortho nitro benzene ring substituents is 1. The highest BCUT2D eigenvalue weighted by atomic mass is 35.5. The molecule has 32 heavy (non-hydrogen) atoms. The predicted octanol–water partition coefficient (Wildman–Crippen LogP) is 5.82. The van der Waals surface area contributed by atoms with Crippen molar-refractivity contribution < 1.29 is 9.34 Å². The van der Waals surface area contributed by atoms with Gasteiger partial charge in [0.15, 0.2) is 0 Å². The van der Waals surface area contributed by atoms with E-state index >= 15 is 0 Å². The second kappa shape index (κ2) is 8.09. The van der Waals surface area contributed by atoms with E-state index in [0.29, 0.717) is 27.7 Å². The number of hydrogen-bond acceptors (Lipinski definition) is 6. The fourth-order valence-corrected chi connectivity index (χ4v) is 3.36. The molecule has 0 N–H and O–H groups in total. The van der Waals surface area contributed by atoms with Crippen LogP contribution in [0.25, 0.3) is 39.9 Å². The summed E-state index contributed by atoms with van der Waals surface area (Å²) in [5.74, 6) is 0.629. The summed E-state index contributed by atoms with van der Waals surface area (Å²) >= 11 is 5.96. The first kappa shape index (κ1) is 19.7. The van der Waals surface area contributed by atoms with Gasteiger partial charge in [0, 0.05) is 34.5 Å². The van der Waals surface area contributed by atoms with Crippen molar-refractivity contribution in [3.63, 3.8) is 0 Å². The van der Waals surface area contributed by atoms with E-state index < -0.39 is 4.92 Å². The molecule has 0 spiro atoms. The first-order chi connectivity index (χ1) is 15.6. The quantitative estimate of drug-likeness (QED) is 0.250. The van der Waals surface area contributed by atoms with Gasteiger partial charge < -0.3 is 4.42 Å². The van der Waals surface area contributed by atoms with E-state index in [1.54, 1.807) is 47.3 Å². The van der Waals surface area contributed by atoms with Gasteiger partial charge in [-0.05, 0) is 48.5 Å². The number of aromatic nitrogens is 4. The Morgan fingerprint density at radius 1 is 0.844 bits per heavy atom. The van der Waals surface area contributed by atoms with E-state index in [2.05, 4.69) is 10.2 Å². The van der Waals surface area contributed by atoms with Crippen LogP contribution >= 0.6 is 11.6 Å². The van der Waals surface area contributed by atoms with Crippen molar-refractivity contribution in [1.82, 2.24) is 20.0 Å². The summed E-state index contributed by atoms with van der Waals surface area (Å²) in [4.78, 5) is 10.6. The Labute approximate surface area is 186 Å². The molecule has 8 nitrogen and oxygen atoms in total. The molecule has 5 rings (SSSR count). The highest BCUT2D eigenvalue weighted by Crippen LogP contribution is 2.33. The van der Waals surface area contributed by atoms with Crippen LogP contribution in [0.2, 0.25) is 5.02 Å². The monoisotopic (exact) mass is 443 g/mol. The van der Waals surface area contributed by atoms with Gasteiger partial charge in [-0.15, -0.1) is 10.2 Å². The van der Waals surface area contributed by atoms with Crippen LogP contribution in [0.1, 0.15) is 0 Å². The molecule has 5 aromatic rings. The van der Waals surface area contributed by atoms with Crippen molar-refractivity contribution in [2.24, 2.45) is 0 Å². The van der Waals surface area contributed by atoms with Crippen LogP contribution in [0.15, 0.2) is 89.5 Å². The van der Waals surface area contributed by atoms with Crippen molar-refractivity contribution in [3.05, 3.63) is 100 Å². The molecule has 0 amide bonds. The summed E-state index contributed by atoms with van der Waals surface area (Å²) < 4.78 is 7.65. The van der Waals surface area contributed by atoms with Crippen LogP contribution in [-0.4, -0.2) is 24.9 Å². The normalized spacial score (nSPS) is 10.9. The Kier molecular flexibility index (Phi) is 4.97. The lowest BCUT2D eigenvalue weighted by molar-refractivity contribution is -0.384. The lowest BCUT2D eigenvalue weighted by Crippen LogP contribution is -1.94. The van der Waals surface area contributed by atoms with Gasteiger partial charge in [0.05, 0.1) is 16.2 Å². The number of nitro benzene ring substituents is 1. The number of nitro groups is 1. The predicted molar refractivity (Wildman–Crippen MR) is 119 cm³/mol. The molecule has 156 valence electrons. The molecule has 0 atom stereocenters. The van der Waals surface area contributed by atoms with Crippen molar-refractivity contribution in [3.8, 4) is 39.9 Å². The molecule has 2 aromatic heterocycles. The molecule has 0 bridgehead atoms. The molecule has 0 aliphatic heterocycles. The highest BCUT2D eigenvalue weighted by Gasteiger charge is 2.20. The molecular formula is C23H14ClN5O3. The van der Waals surface area contributed by atoms with E-state index in [1.807, 2.05) is 30.3 Å². The summed E-state index contributed by atoms with van der Waals surface area (Å²) in [6, 6.07) is 22.8. The molecule has 0 saturated carbocycles. The van der Waals surface area contributed by atoms with E-state index in [9.17, 15) is 10.1 Å². The average molecular weight is 444 g/mol. The number of halogens is 1. The fraction of sp³-hybridized carbons (Fsp3) is 0. The Morgan fingerprint density at radius 2 is 1.50 bits per heavy atom. The number of benzene rings is 3. The van der Waals surface area contributed by atoms with Crippen molar-refractivity contribution in [2.75, 3.05) is 0 Å². The molecule has 9 heteroatoms. The summed E-state index contributed by atoms with van der Waals surface area (Å²) in [6.45, 7) is 0. The molecule has 0 aliphatic rings.